The van der Waals surface area contributed by atoms with Gasteiger partial charge in [0.1, 0.15) is 0 Å². The number of pyridine rings is 2. The Balaban J connectivity index is 0.000000168. The molecule has 0 atom stereocenters. The van der Waals surface area contributed by atoms with E-state index in [9.17, 15) is 0 Å². The molecule has 0 amide bonds. The van der Waals surface area contributed by atoms with Gasteiger partial charge in [0.2, 0.25) is 0 Å². The van der Waals surface area contributed by atoms with E-state index in [1.165, 1.54) is 0 Å². The van der Waals surface area contributed by atoms with Gasteiger partial charge in [-0.3, -0.25) is 4.98 Å². The van der Waals surface area contributed by atoms with Gasteiger partial charge < -0.3 is 5.32 Å². The Morgan fingerprint density at radius 2 is 1.24 bits per heavy atom. The molecule has 0 aliphatic carbocycles. The van der Waals surface area contributed by atoms with Crippen molar-refractivity contribution in [3.63, 3.8) is 0 Å². The molecule has 3 aromatic carbocycles. The summed E-state index contributed by atoms with van der Waals surface area (Å²) in [6.07, 6.45) is 7.79. The summed E-state index contributed by atoms with van der Waals surface area (Å²) < 4.78 is 0. The fourth-order valence-corrected chi connectivity index (χ4v) is 3.73. The van der Waals surface area contributed by atoms with Crippen LogP contribution in [-0.2, 0) is 20.1 Å². The smallest absolute Gasteiger partial charge is 0.0892 e. The first kappa shape index (κ1) is 26.0. The normalized spacial score (nSPS) is 11.7. The predicted octanol–water partition coefficient (Wildman–Crippen LogP) is 7.85. The molecule has 3 nitrogen and oxygen atoms in total. The van der Waals surface area contributed by atoms with E-state index in [0.717, 1.165) is 51.6 Å². The molecule has 0 saturated heterocycles. The van der Waals surface area contributed by atoms with Crippen LogP contribution in [0.4, 0.5) is 0 Å². The van der Waals surface area contributed by atoms with Gasteiger partial charge in [-0.1, -0.05) is 24.3 Å². The molecule has 1 radical (unpaired) electrons. The van der Waals surface area contributed by atoms with E-state index in [0.29, 0.717) is 0 Å². The van der Waals surface area contributed by atoms with Crippen LogP contribution >= 0.6 is 0 Å². The Hall–Kier alpha value is -4.11. The van der Waals surface area contributed by atoms with Crippen molar-refractivity contribution in [1.29, 1.82) is 0 Å². The van der Waals surface area contributed by atoms with Crippen LogP contribution in [0.2, 0.25) is 0 Å². The first-order valence-electron chi connectivity index (χ1n) is 11.8. The second-order valence-electron chi connectivity index (χ2n) is 7.97. The van der Waals surface area contributed by atoms with Gasteiger partial charge in [-0.05, 0) is 24.3 Å². The molecule has 37 heavy (non-hydrogen) atoms. The summed E-state index contributed by atoms with van der Waals surface area (Å²) >= 11 is 0. The summed E-state index contributed by atoms with van der Waals surface area (Å²) in [5.41, 5.74) is 7.82. The first-order chi connectivity index (χ1) is 17.9. The van der Waals surface area contributed by atoms with Crippen molar-refractivity contribution in [2.75, 3.05) is 6.54 Å². The number of allylic oxidation sites excluding steroid dienone is 2. The third kappa shape index (κ3) is 6.98. The number of hydrogen-bond acceptors (Lipinski definition) is 2. The molecule has 0 saturated carbocycles. The third-order valence-corrected chi connectivity index (χ3v) is 5.49. The maximum absolute atomic E-state index is 4.61. The quantitative estimate of drug-likeness (QED) is 0.186. The van der Waals surface area contributed by atoms with Gasteiger partial charge in [0.15, 0.2) is 0 Å². The van der Waals surface area contributed by atoms with E-state index >= 15 is 0 Å². The summed E-state index contributed by atoms with van der Waals surface area (Å²) in [7, 11) is 0. The predicted molar refractivity (Wildman–Crippen MR) is 147 cm³/mol. The second-order valence-corrected chi connectivity index (χ2v) is 7.97. The van der Waals surface area contributed by atoms with Crippen LogP contribution < -0.4 is 0 Å². The van der Waals surface area contributed by atoms with Gasteiger partial charge in [0.05, 0.1) is 11.4 Å². The number of rotatable bonds is 4. The van der Waals surface area contributed by atoms with Gasteiger partial charge in [-0.25, -0.2) is 33.3 Å². The largest absolute Gasteiger partial charge is 0.679 e. The molecule has 0 fully saturated rings. The molecule has 0 unspecified atom stereocenters. The first-order valence-corrected chi connectivity index (χ1v) is 11.8. The number of nitrogens with zero attached hydrogens (tertiary/aromatic N) is 3. The summed E-state index contributed by atoms with van der Waals surface area (Å²) in [5, 5.41) is 4.43. The molecule has 4 heteroatoms. The zero-order valence-corrected chi connectivity index (χ0v) is 22.4. The Morgan fingerprint density at radius 3 is 1.84 bits per heavy atom. The SMILES string of the molecule is C1=CC[N-]C(c2cccc(-c3ccccn3)n2)=C1.[Ir].[c-]1ccccc1-c1[c-]c(-c2[c-]cccc2)ccc1. The molecule has 0 spiro atoms. The fraction of sp³-hybridized carbons (Fsp3) is 0.0303. The Morgan fingerprint density at radius 1 is 0.622 bits per heavy atom. The average Bonchev–Trinajstić information content (AvgIpc) is 2.99. The molecule has 6 rings (SSSR count). The molecule has 3 heterocycles. The van der Waals surface area contributed by atoms with Crippen molar-refractivity contribution in [3.8, 4) is 33.6 Å². The molecule has 2 aromatic heterocycles. The minimum absolute atomic E-state index is 0. The van der Waals surface area contributed by atoms with E-state index in [-0.39, 0.29) is 20.1 Å². The molecular weight excluding hydrogens is 631 g/mol. The number of hydrogen-bond donors (Lipinski definition) is 0. The summed E-state index contributed by atoms with van der Waals surface area (Å²) in [4.78, 5) is 8.92. The van der Waals surface area contributed by atoms with Crippen LogP contribution in [0.3, 0.4) is 0 Å². The van der Waals surface area contributed by atoms with Gasteiger partial charge in [0, 0.05) is 32.0 Å². The van der Waals surface area contributed by atoms with Crippen LogP contribution in [-0.4, -0.2) is 16.5 Å². The van der Waals surface area contributed by atoms with Gasteiger partial charge in [-0.15, -0.1) is 36.5 Å². The molecule has 0 bridgehead atoms. The maximum atomic E-state index is 4.61. The van der Waals surface area contributed by atoms with Crippen molar-refractivity contribution >= 4 is 5.70 Å². The van der Waals surface area contributed by atoms with Crippen LogP contribution in [0.25, 0.3) is 44.7 Å². The summed E-state index contributed by atoms with van der Waals surface area (Å²) in [6.45, 7) is 0.724. The minimum atomic E-state index is 0. The van der Waals surface area contributed by atoms with Gasteiger partial charge in [0.25, 0.3) is 0 Å². The summed E-state index contributed by atoms with van der Waals surface area (Å²) in [5.74, 6) is 0. The van der Waals surface area contributed by atoms with E-state index in [1.54, 1.807) is 6.20 Å². The van der Waals surface area contributed by atoms with E-state index < -0.39 is 0 Å². The van der Waals surface area contributed by atoms with Gasteiger partial charge >= 0.3 is 0 Å². The van der Waals surface area contributed by atoms with E-state index in [2.05, 4.69) is 45.6 Å². The number of aromatic nitrogens is 2. The topological polar surface area (TPSA) is 39.9 Å². The molecule has 1 aliphatic rings. The third-order valence-electron chi connectivity index (χ3n) is 5.49. The molecular formula is C33H23IrN3-4. The van der Waals surface area contributed by atoms with Crippen molar-refractivity contribution < 1.29 is 20.1 Å². The van der Waals surface area contributed by atoms with Crippen LogP contribution in [0.15, 0.2) is 128 Å². The zero-order chi connectivity index (χ0) is 24.4. The average molecular weight is 654 g/mol. The Bertz CT molecular complexity index is 1410. The zero-order valence-electron chi connectivity index (χ0n) is 20.0. The van der Waals surface area contributed by atoms with Crippen molar-refractivity contribution in [1.82, 2.24) is 9.97 Å². The van der Waals surface area contributed by atoms with E-state index in [4.69, 9.17) is 0 Å². The summed E-state index contributed by atoms with van der Waals surface area (Å²) in [6, 6.07) is 43.7. The molecule has 0 N–H and O–H groups in total. The van der Waals surface area contributed by atoms with Crippen LogP contribution in [0, 0.1) is 18.2 Å². The molecule has 1 aliphatic heterocycles. The monoisotopic (exact) mass is 654 g/mol. The van der Waals surface area contributed by atoms with Crippen molar-refractivity contribution in [2.24, 2.45) is 0 Å². The van der Waals surface area contributed by atoms with Crippen molar-refractivity contribution in [3.05, 3.63) is 157 Å². The van der Waals surface area contributed by atoms with Crippen LogP contribution in [0.1, 0.15) is 5.69 Å². The maximum Gasteiger partial charge on any atom is 0.0892 e. The number of benzene rings is 3. The van der Waals surface area contributed by atoms with Crippen LogP contribution in [0.5, 0.6) is 0 Å². The molecule has 183 valence electrons. The van der Waals surface area contributed by atoms with Gasteiger partial charge in [-0.2, -0.15) is 60.7 Å². The Kier molecular flexibility index (Phi) is 9.31. The van der Waals surface area contributed by atoms with Crippen molar-refractivity contribution in [2.45, 2.75) is 0 Å². The van der Waals surface area contributed by atoms with E-state index in [1.807, 2.05) is 109 Å². The molecule has 5 aromatic rings. The minimum Gasteiger partial charge on any atom is -0.679 e. The fourth-order valence-electron chi connectivity index (χ4n) is 3.73. The Labute approximate surface area is 232 Å². The standard InChI is InChI=1S/C18H11.C15H12N3.Ir/c1-3-8-15(9-4-1)17-12-7-13-18(14-17)16-10-5-2-6-11-16;1-3-10-16-12(6-1)14-8-5-9-15(18-14)13-7-2-4-11-17-13;/h1-8,10,12-13H;1-10H,11H2;/q-3;-1;. The second kappa shape index (κ2) is 13.3.